The van der Waals surface area contributed by atoms with E-state index in [1.807, 2.05) is 0 Å². The normalized spacial score (nSPS) is 33.8. The van der Waals surface area contributed by atoms with Crippen LogP contribution in [0.15, 0.2) is 0 Å². The van der Waals surface area contributed by atoms with Gasteiger partial charge in [0, 0.05) is 25.7 Å². The summed E-state index contributed by atoms with van der Waals surface area (Å²) in [6.07, 6.45) is 7.01. The van der Waals surface area contributed by atoms with Crippen LogP contribution < -0.4 is 5.32 Å². The monoisotopic (exact) mass is 282 g/mol. The van der Waals surface area contributed by atoms with Gasteiger partial charge in [0.15, 0.2) is 0 Å². The van der Waals surface area contributed by atoms with Crippen molar-refractivity contribution in [2.24, 2.45) is 11.3 Å². The summed E-state index contributed by atoms with van der Waals surface area (Å²) in [7, 11) is 2.13. The molecule has 1 saturated heterocycles. The third-order valence-electron chi connectivity index (χ3n) is 5.31. The van der Waals surface area contributed by atoms with Crippen LogP contribution in [-0.4, -0.2) is 50.3 Å². The molecule has 3 unspecified atom stereocenters. The number of rotatable bonds is 6. The molecule has 1 saturated carbocycles. The fourth-order valence-electron chi connectivity index (χ4n) is 4.05. The number of likely N-dealkylation sites (N-methyl/N-ethyl adjacent to an activating group) is 1. The molecule has 118 valence electrons. The highest BCUT2D eigenvalue weighted by Gasteiger charge is 2.35. The van der Waals surface area contributed by atoms with Crippen molar-refractivity contribution in [3.05, 3.63) is 0 Å². The van der Waals surface area contributed by atoms with Crippen LogP contribution >= 0.6 is 0 Å². The third kappa shape index (κ3) is 4.44. The van der Waals surface area contributed by atoms with Crippen molar-refractivity contribution in [3.63, 3.8) is 0 Å². The van der Waals surface area contributed by atoms with E-state index in [0.29, 0.717) is 17.6 Å². The molecular weight excluding hydrogens is 248 g/mol. The van der Waals surface area contributed by atoms with Crippen molar-refractivity contribution in [3.8, 4) is 0 Å². The second kappa shape index (κ2) is 7.24. The lowest BCUT2D eigenvalue weighted by atomic mass is 9.69. The summed E-state index contributed by atoms with van der Waals surface area (Å²) in [4.78, 5) is 2.62. The molecule has 0 radical (unpaired) electrons. The molecule has 0 spiro atoms. The van der Waals surface area contributed by atoms with Crippen molar-refractivity contribution in [1.29, 1.82) is 0 Å². The Labute approximate surface area is 125 Å². The Balaban J connectivity index is 1.89. The lowest BCUT2D eigenvalue weighted by molar-refractivity contribution is 0.0525. The predicted molar refractivity (Wildman–Crippen MR) is 85.1 cm³/mol. The maximum Gasteiger partial charge on any atom is 0.0702 e. The molecule has 0 aromatic heterocycles. The van der Waals surface area contributed by atoms with Crippen LogP contribution in [0.5, 0.6) is 0 Å². The Bertz CT molecular complexity index is 287. The molecule has 0 bridgehead atoms. The van der Waals surface area contributed by atoms with Crippen LogP contribution in [0.2, 0.25) is 0 Å². The maximum atomic E-state index is 5.81. The van der Waals surface area contributed by atoms with Crippen LogP contribution in [0, 0.1) is 11.3 Å². The number of hydrogen-bond acceptors (Lipinski definition) is 3. The molecule has 1 aliphatic carbocycles. The van der Waals surface area contributed by atoms with E-state index in [1.54, 1.807) is 0 Å². The fraction of sp³-hybridized carbons (Fsp3) is 1.00. The quantitative estimate of drug-likeness (QED) is 0.811. The van der Waals surface area contributed by atoms with Crippen molar-refractivity contribution >= 4 is 0 Å². The molecule has 3 atom stereocenters. The van der Waals surface area contributed by atoms with E-state index in [4.69, 9.17) is 4.74 Å². The van der Waals surface area contributed by atoms with E-state index in [-0.39, 0.29) is 0 Å². The van der Waals surface area contributed by atoms with Gasteiger partial charge in [0.25, 0.3) is 0 Å². The minimum atomic E-state index is 0.486. The first kappa shape index (κ1) is 16.3. The highest BCUT2D eigenvalue weighted by atomic mass is 16.5. The minimum Gasteiger partial charge on any atom is -0.377 e. The first-order valence-electron chi connectivity index (χ1n) is 8.55. The highest BCUT2D eigenvalue weighted by Crippen LogP contribution is 2.39. The van der Waals surface area contributed by atoms with Gasteiger partial charge in [-0.05, 0) is 57.0 Å². The van der Waals surface area contributed by atoms with E-state index >= 15 is 0 Å². The number of ether oxygens (including phenoxy) is 1. The van der Waals surface area contributed by atoms with E-state index in [9.17, 15) is 0 Å². The molecule has 20 heavy (non-hydrogen) atoms. The van der Waals surface area contributed by atoms with Gasteiger partial charge in [0.1, 0.15) is 0 Å². The summed E-state index contributed by atoms with van der Waals surface area (Å²) >= 11 is 0. The largest absolute Gasteiger partial charge is 0.377 e. The van der Waals surface area contributed by atoms with Gasteiger partial charge in [-0.1, -0.05) is 20.8 Å². The lowest BCUT2D eigenvalue weighted by Gasteiger charge is -2.43. The van der Waals surface area contributed by atoms with E-state index < -0.39 is 0 Å². The van der Waals surface area contributed by atoms with Crippen LogP contribution in [0.1, 0.15) is 52.9 Å². The van der Waals surface area contributed by atoms with Gasteiger partial charge in [-0.2, -0.15) is 0 Å². The van der Waals surface area contributed by atoms with Gasteiger partial charge < -0.3 is 15.0 Å². The fourth-order valence-corrected chi connectivity index (χ4v) is 4.05. The van der Waals surface area contributed by atoms with Crippen molar-refractivity contribution in [2.45, 2.75) is 65.0 Å². The maximum absolute atomic E-state index is 5.81. The summed E-state index contributed by atoms with van der Waals surface area (Å²) < 4.78 is 5.81. The molecule has 0 aromatic carbocycles. The Kier molecular flexibility index (Phi) is 5.88. The van der Waals surface area contributed by atoms with Gasteiger partial charge in [0.2, 0.25) is 0 Å². The summed E-state index contributed by atoms with van der Waals surface area (Å²) in [5.74, 6) is 0.783. The molecular formula is C17H34N2O. The molecule has 1 heterocycles. The minimum absolute atomic E-state index is 0.486. The summed E-state index contributed by atoms with van der Waals surface area (Å²) in [5.41, 5.74) is 0.515. The van der Waals surface area contributed by atoms with Crippen molar-refractivity contribution in [2.75, 3.05) is 33.3 Å². The molecule has 2 rings (SSSR count). The summed E-state index contributed by atoms with van der Waals surface area (Å²) in [6.45, 7) is 11.6. The molecule has 2 fully saturated rings. The first-order valence-corrected chi connectivity index (χ1v) is 8.55. The summed E-state index contributed by atoms with van der Waals surface area (Å²) in [5, 5.41) is 3.56. The topological polar surface area (TPSA) is 24.5 Å². The Morgan fingerprint density at radius 1 is 1.25 bits per heavy atom. The third-order valence-corrected chi connectivity index (χ3v) is 5.31. The SMILES string of the molecule is CCN(CC1CCCO1)CC1CC(C)(C)CCC1NC. The van der Waals surface area contributed by atoms with E-state index in [0.717, 1.165) is 25.6 Å². The van der Waals surface area contributed by atoms with Crippen LogP contribution in [0.3, 0.4) is 0 Å². The smallest absolute Gasteiger partial charge is 0.0702 e. The zero-order valence-corrected chi connectivity index (χ0v) is 14.0. The average Bonchev–Trinajstić information content (AvgIpc) is 2.90. The standard InChI is InChI=1S/C17H34N2O/c1-5-19(13-15-7-6-10-20-15)12-14-11-17(2,3)9-8-16(14)18-4/h14-16,18H,5-13H2,1-4H3. The Morgan fingerprint density at radius 3 is 2.65 bits per heavy atom. The molecule has 3 heteroatoms. The van der Waals surface area contributed by atoms with Crippen molar-refractivity contribution < 1.29 is 4.74 Å². The predicted octanol–water partition coefficient (Wildman–Crippen LogP) is 2.90. The lowest BCUT2D eigenvalue weighted by Crippen LogP contribution is -2.47. The molecule has 0 amide bonds. The average molecular weight is 282 g/mol. The van der Waals surface area contributed by atoms with E-state index in [2.05, 4.69) is 38.0 Å². The molecule has 2 aliphatic rings. The van der Waals surface area contributed by atoms with Gasteiger partial charge in [0.05, 0.1) is 6.10 Å². The zero-order chi connectivity index (χ0) is 14.6. The first-order chi connectivity index (χ1) is 9.54. The second-order valence-electron chi connectivity index (χ2n) is 7.55. The number of hydrogen-bond donors (Lipinski definition) is 1. The number of nitrogens with one attached hydrogen (secondary N) is 1. The molecule has 1 aliphatic heterocycles. The zero-order valence-electron chi connectivity index (χ0n) is 14.0. The van der Waals surface area contributed by atoms with Crippen LogP contribution in [0.25, 0.3) is 0 Å². The highest BCUT2D eigenvalue weighted by molar-refractivity contribution is 4.90. The Morgan fingerprint density at radius 2 is 2.05 bits per heavy atom. The molecule has 1 N–H and O–H groups in total. The van der Waals surface area contributed by atoms with Gasteiger partial charge in [-0.3, -0.25) is 0 Å². The van der Waals surface area contributed by atoms with Crippen LogP contribution in [0.4, 0.5) is 0 Å². The van der Waals surface area contributed by atoms with Gasteiger partial charge in [-0.15, -0.1) is 0 Å². The van der Waals surface area contributed by atoms with Gasteiger partial charge >= 0.3 is 0 Å². The number of nitrogens with zero attached hydrogens (tertiary/aromatic N) is 1. The second-order valence-corrected chi connectivity index (χ2v) is 7.55. The van der Waals surface area contributed by atoms with E-state index in [1.165, 1.54) is 38.6 Å². The van der Waals surface area contributed by atoms with Crippen LogP contribution in [-0.2, 0) is 4.74 Å². The van der Waals surface area contributed by atoms with Crippen molar-refractivity contribution in [1.82, 2.24) is 10.2 Å². The Hall–Kier alpha value is -0.120. The molecule has 0 aromatic rings. The summed E-state index contributed by atoms with van der Waals surface area (Å²) in [6, 6.07) is 0.696. The van der Waals surface area contributed by atoms with Gasteiger partial charge in [-0.25, -0.2) is 0 Å². The molecule has 3 nitrogen and oxygen atoms in total.